The van der Waals surface area contributed by atoms with Crippen molar-refractivity contribution in [2.45, 2.75) is 19.8 Å². The summed E-state index contributed by atoms with van der Waals surface area (Å²) in [5, 5.41) is 0. The van der Waals surface area contributed by atoms with Crippen LogP contribution in [-0.4, -0.2) is 11.8 Å². The van der Waals surface area contributed by atoms with E-state index in [1.54, 1.807) is 12.8 Å². The molecule has 1 aliphatic rings. The summed E-state index contributed by atoms with van der Waals surface area (Å²) in [6.07, 6.45) is 6.09. The summed E-state index contributed by atoms with van der Waals surface area (Å²) in [5.74, 6) is -0.131. The van der Waals surface area contributed by atoms with Crippen LogP contribution >= 0.6 is 0 Å². The summed E-state index contributed by atoms with van der Waals surface area (Å²) in [6.45, 7) is 1.31. The monoisotopic (exact) mass is 255 g/mol. The number of esters is 1. The molecule has 0 atom stereocenters. The van der Waals surface area contributed by atoms with Gasteiger partial charge < -0.3 is 9.53 Å². The number of ketones is 1. The Kier molecular flexibility index (Phi) is 6.09. The van der Waals surface area contributed by atoms with Gasteiger partial charge in [0.1, 0.15) is 0 Å². The van der Waals surface area contributed by atoms with Crippen LogP contribution in [0.5, 0.6) is 0 Å². The third kappa shape index (κ3) is 5.11. The number of hydrogen-bond donors (Lipinski definition) is 0. The molecule has 0 saturated carbocycles. The van der Waals surface area contributed by atoms with Gasteiger partial charge in [-0.25, -0.2) is 0 Å². The maximum Gasteiger partial charge on any atom is 0.305 e. The maximum atomic E-state index is 10.9. The van der Waals surface area contributed by atoms with Gasteiger partial charge in [-0.1, -0.05) is 0 Å². The first-order chi connectivity index (χ1) is 5.68. The van der Waals surface area contributed by atoms with Crippen molar-refractivity contribution in [3.05, 3.63) is 24.7 Å². The second-order valence-corrected chi connectivity index (χ2v) is 2.53. The molecule has 3 nitrogen and oxygen atoms in total. The van der Waals surface area contributed by atoms with Gasteiger partial charge in [0.05, 0.1) is 0 Å². The zero-order chi connectivity index (χ0) is 8.97. The van der Waals surface area contributed by atoms with Crippen molar-refractivity contribution in [2.24, 2.45) is 0 Å². The summed E-state index contributed by atoms with van der Waals surface area (Å²) < 4.78 is 4.77. The minimum Gasteiger partial charge on any atom is -0.466 e. The van der Waals surface area contributed by atoms with Crippen LogP contribution in [0, 0.1) is 12.8 Å². The Balaban J connectivity index is 0.00000144. The Morgan fingerprint density at radius 3 is 2.69 bits per heavy atom. The Morgan fingerprint density at radius 1 is 1.46 bits per heavy atom. The van der Waals surface area contributed by atoms with Gasteiger partial charge in [0, 0.05) is 45.4 Å². The molecule has 0 bridgehead atoms. The van der Waals surface area contributed by atoms with Crippen molar-refractivity contribution in [3.8, 4) is 0 Å². The molecule has 1 rings (SSSR count). The van der Waals surface area contributed by atoms with Crippen LogP contribution in [-0.2, 0) is 47.0 Å². The number of rotatable bonds is 1. The van der Waals surface area contributed by atoms with Crippen LogP contribution in [0.2, 0.25) is 0 Å². The summed E-state index contributed by atoms with van der Waals surface area (Å²) in [4.78, 5) is 21.5. The van der Waals surface area contributed by atoms with E-state index < -0.39 is 5.97 Å². The number of carbonyl (C=O) groups excluding carboxylic acids is 2. The molecule has 0 amide bonds. The Hall–Kier alpha value is -0.276. The van der Waals surface area contributed by atoms with E-state index in [-0.39, 0.29) is 38.5 Å². The first kappa shape index (κ1) is 12.7. The van der Waals surface area contributed by atoms with Crippen LogP contribution in [0.1, 0.15) is 19.8 Å². The van der Waals surface area contributed by atoms with Crippen molar-refractivity contribution in [1.29, 1.82) is 0 Å². The van der Waals surface area contributed by atoms with E-state index in [9.17, 15) is 9.59 Å². The van der Waals surface area contributed by atoms with Crippen molar-refractivity contribution >= 4 is 11.8 Å². The topological polar surface area (TPSA) is 43.4 Å². The molecule has 0 saturated heterocycles. The molecular formula is C9H10O3Y-2. The number of ether oxygens (including phenoxy) is 1. The smallest absolute Gasteiger partial charge is 0.305 e. The molecule has 0 spiro atoms. The van der Waals surface area contributed by atoms with Gasteiger partial charge in [0.2, 0.25) is 0 Å². The number of carbonyl (C=O) groups is 2. The zero-order valence-corrected chi connectivity index (χ0v) is 10.3. The molecule has 0 aromatic heterocycles. The molecule has 0 aliphatic heterocycles. The molecular weight excluding hydrogens is 245 g/mol. The molecule has 0 N–H and O–H groups in total. The van der Waals surface area contributed by atoms with Crippen LogP contribution in [0.4, 0.5) is 0 Å². The Bertz CT molecular complexity index is 233. The van der Waals surface area contributed by atoms with Gasteiger partial charge >= 0.3 is 5.97 Å². The van der Waals surface area contributed by atoms with E-state index in [1.165, 1.54) is 13.0 Å². The number of hydrogen-bond acceptors (Lipinski definition) is 3. The molecule has 4 heteroatoms. The van der Waals surface area contributed by atoms with Crippen molar-refractivity contribution in [1.82, 2.24) is 0 Å². The summed E-state index contributed by atoms with van der Waals surface area (Å²) >= 11 is 0. The average Bonchev–Trinajstić information content (AvgIpc) is 2.12. The molecule has 0 aromatic carbocycles. The first-order valence-electron chi connectivity index (χ1n) is 3.79. The predicted octanol–water partition coefficient (Wildman–Crippen LogP) is 1.20. The molecule has 69 valence electrons. The summed E-state index contributed by atoms with van der Waals surface area (Å²) in [7, 11) is 0. The van der Waals surface area contributed by atoms with E-state index >= 15 is 0 Å². The molecule has 0 aromatic rings. The fourth-order valence-electron chi connectivity index (χ4n) is 0.946. The molecule has 1 radical (unpaired) electrons. The van der Waals surface area contributed by atoms with Crippen LogP contribution in [0.3, 0.4) is 0 Å². The molecule has 0 fully saturated rings. The van der Waals surface area contributed by atoms with E-state index in [0.29, 0.717) is 12.2 Å². The second kappa shape index (κ2) is 6.22. The quantitative estimate of drug-likeness (QED) is 0.522. The van der Waals surface area contributed by atoms with Crippen molar-refractivity contribution < 1.29 is 47.0 Å². The van der Waals surface area contributed by atoms with Crippen LogP contribution in [0.25, 0.3) is 0 Å². The second-order valence-electron chi connectivity index (χ2n) is 2.53. The zero-order valence-electron chi connectivity index (χ0n) is 7.45. The van der Waals surface area contributed by atoms with Gasteiger partial charge in [0.25, 0.3) is 0 Å². The van der Waals surface area contributed by atoms with Gasteiger partial charge in [-0.2, -0.15) is 12.8 Å². The standard InChI is InChI=1S/C9H10O3.Y/c1-7(10)12-9-5-3-2-4-8(11)6-9;/h4-6H,2-3H2,1H3;/q-2;. The molecule has 13 heavy (non-hydrogen) atoms. The number of allylic oxidation sites excluding steroid dienone is 2. The summed E-state index contributed by atoms with van der Waals surface area (Å²) in [5.41, 5.74) is 0. The van der Waals surface area contributed by atoms with Crippen molar-refractivity contribution in [2.75, 3.05) is 0 Å². The third-order valence-electron chi connectivity index (χ3n) is 1.40. The predicted molar refractivity (Wildman–Crippen MR) is 42.7 cm³/mol. The molecule has 1 aliphatic carbocycles. The van der Waals surface area contributed by atoms with E-state index in [4.69, 9.17) is 4.74 Å². The third-order valence-corrected chi connectivity index (χ3v) is 1.40. The van der Waals surface area contributed by atoms with Crippen molar-refractivity contribution in [3.63, 3.8) is 0 Å². The van der Waals surface area contributed by atoms with Gasteiger partial charge in [-0.3, -0.25) is 4.79 Å². The maximum absolute atomic E-state index is 10.9. The van der Waals surface area contributed by atoms with E-state index in [1.807, 2.05) is 0 Å². The van der Waals surface area contributed by atoms with Gasteiger partial charge in [-0.05, 0) is 5.76 Å². The van der Waals surface area contributed by atoms with Crippen LogP contribution < -0.4 is 0 Å². The normalized spacial score (nSPS) is 15.5. The molecule has 0 heterocycles. The SMILES string of the molecule is CC(=O)OC1=CC(=O)[CH-]CC[CH-]1.[Y]. The van der Waals surface area contributed by atoms with Gasteiger partial charge in [-0.15, -0.1) is 18.9 Å². The Labute approximate surface area is 103 Å². The van der Waals surface area contributed by atoms with Crippen LogP contribution in [0.15, 0.2) is 11.8 Å². The minimum atomic E-state index is -0.396. The minimum absolute atomic E-state index is 0. The first-order valence-corrected chi connectivity index (χ1v) is 3.79. The molecule has 0 unspecified atom stereocenters. The fourth-order valence-corrected chi connectivity index (χ4v) is 0.946. The van der Waals surface area contributed by atoms with E-state index in [2.05, 4.69) is 0 Å². The van der Waals surface area contributed by atoms with E-state index in [0.717, 1.165) is 6.42 Å². The average molecular weight is 255 g/mol. The van der Waals surface area contributed by atoms with Gasteiger partial charge in [0.15, 0.2) is 0 Å². The summed E-state index contributed by atoms with van der Waals surface area (Å²) in [6, 6.07) is 0. The Morgan fingerprint density at radius 2 is 2.08 bits per heavy atom. The fraction of sp³-hybridized carbons (Fsp3) is 0.333. The largest absolute Gasteiger partial charge is 0.466 e.